The minimum Gasteiger partial charge on any atom is -0.335 e. The maximum absolute atomic E-state index is 13.4. The third kappa shape index (κ3) is 4.42. The number of hydrogen-bond acceptors (Lipinski definition) is 2. The van der Waals surface area contributed by atoms with Crippen LogP contribution >= 0.6 is 12.4 Å². The number of carbonyl (C=O) groups is 1. The van der Waals surface area contributed by atoms with Crippen LogP contribution in [0.3, 0.4) is 0 Å². The SMILES string of the molecule is CC(N)CCC(=O)N1CCC(C)C1c1cccc(F)c1.Cl. The standard InChI is InChI=1S/C16H23FN2O.ClH/c1-11-8-9-19(15(20)7-6-12(2)18)16(11)13-4-3-5-14(17)10-13;/h3-5,10-12,16H,6-9,18H2,1-2H3;1H. The molecule has 3 unspecified atom stereocenters. The number of likely N-dealkylation sites (tertiary alicyclic amines) is 1. The number of nitrogens with zero attached hydrogens (tertiary/aromatic N) is 1. The summed E-state index contributed by atoms with van der Waals surface area (Å²) in [5, 5.41) is 0. The van der Waals surface area contributed by atoms with Crippen molar-refractivity contribution >= 4 is 18.3 Å². The van der Waals surface area contributed by atoms with E-state index in [0.717, 1.165) is 18.5 Å². The van der Waals surface area contributed by atoms with Crippen LogP contribution < -0.4 is 5.73 Å². The van der Waals surface area contributed by atoms with Gasteiger partial charge in [-0.2, -0.15) is 0 Å². The summed E-state index contributed by atoms with van der Waals surface area (Å²) in [4.78, 5) is 14.2. The molecular formula is C16H24ClFN2O. The Hall–Kier alpha value is -1.13. The summed E-state index contributed by atoms with van der Waals surface area (Å²) >= 11 is 0. The molecule has 2 N–H and O–H groups in total. The lowest BCUT2D eigenvalue weighted by molar-refractivity contribution is -0.132. The second-order valence-corrected chi connectivity index (χ2v) is 5.87. The highest BCUT2D eigenvalue weighted by Crippen LogP contribution is 2.37. The van der Waals surface area contributed by atoms with Crippen LogP contribution in [-0.2, 0) is 4.79 Å². The van der Waals surface area contributed by atoms with E-state index in [1.807, 2.05) is 17.9 Å². The Bertz CT molecular complexity index is 481. The monoisotopic (exact) mass is 314 g/mol. The summed E-state index contributed by atoms with van der Waals surface area (Å²) in [6, 6.07) is 6.61. The van der Waals surface area contributed by atoms with E-state index < -0.39 is 0 Å². The highest BCUT2D eigenvalue weighted by molar-refractivity contribution is 5.85. The van der Waals surface area contributed by atoms with Crippen LogP contribution in [0, 0.1) is 11.7 Å². The van der Waals surface area contributed by atoms with Crippen LogP contribution in [-0.4, -0.2) is 23.4 Å². The molecule has 3 nitrogen and oxygen atoms in total. The van der Waals surface area contributed by atoms with Gasteiger partial charge in [0.05, 0.1) is 6.04 Å². The Morgan fingerprint density at radius 2 is 2.24 bits per heavy atom. The molecule has 0 radical (unpaired) electrons. The molecule has 1 aromatic carbocycles. The molecule has 5 heteroatoms. The fourth-order valence-electron chi connectivity index (χ4n) is 2.92. The first-order valence-electron chi connectivity index (χ1n) is 7.29. The molecule has 1 aromatic rings. The molecule has 1 amide bonds. The van der Waals surface area contributed by atoms with E-state index in [9.17, 15) is 9.18 Å². The molecule has 1 aliphatic heterocycles. The average molecular weight is 315 g/mol. The quantitative estimate of drug-likeness (QED) is 0.927. The number of amides is 1. The Labute approximate surface area is 132 Å². The van der Waals surface area contributed by atoms with Gasteiger partial charge in [-0.3, -0.25) is 4.79 Å². The fourth-order valence-corrected chi connectivity index (χ4v) is 2.92. The van der Waals surface area contributed by atoms with Crippen molar-refractivity contribution in [3.63, 3.8) is 0 Å². The number of halogens is 2. The van der Waals surface area contributed by atoms with Gasteiger partial charge in [0.15, 0.2) is 0 Å². The summed E-state index contributed by atoms with van der Waals surface area (Å²) in [6.45, 7) is 4.78. The summed E-state index contributed by atoms with van der Waals surface area (Å²) in [6.07, 6.45) is 2.13. The Balaban J connectivity index is 0.00000220. The number of rotatable bonds is 4. The molecule has 1 aliphatic rings. The maximum Gasteiger partial charge on any atom is 0.223 e. The molecule has 0 aromatic heterocycles. The topological polar surface area (TPSA) is 46.3 Å². The van der Waals surface area contributed by atoms with Crippen molar-refractivity contribution in [3.05, 3.63) is 35.6 Å². The summed E-state index contributed by atoms with van der Waals surface area (Å²) in [5.74, 6) is 0.238. The lowest BCUT2D eigenvalue weighted by atomic mass is 9.95. The van der Waals surface area contributed by atoms with Gasteiger partial charge in [-0.05, 0) is 43.4 Å². The van der Waals surface area contributed by atoms with Gasteiger partial charge in [0.25, 0.3) is 0 Å². The van der Waals surface area contributed by atoms with E-state index in [1.54, 1.807) is 12.1 Å². The maximum atomic E-state index is 13.4. The second-order valence-electron chi connectivity index (χ2n) is 5.87. The van der Waals surface area contributed by atoms with Crippen LogP contribution in [0.15, 0.2) is 24.3 Å². The fraction of sp³-hybridized carbons (Fsp3) is 0.562. The number of nitrogens with two attached hydrogens (primary N) is 1. The van der Waals surface area contributed by atoms with Crippen molar-refractivity contribution < 1.29 is 9.18 Å². The third-order valence-electron chi connectivity index (χ3n) is 4.02. The van der Waals surface area contributed by atoms with E-state index in [1.165, 1.54) is 6.07 Å². The van der Waals surface area contributed by atoms with Gasteiger partial charge in [-0.1, -0.05) is 19.1 Å². The average Bonchev–Trinajstić information content (AvgIpc) is 2.78. The third-order valence-corrected chi connectivity index (χ3v) is 4.02. The zero-order valence-electron chi connectivity index (χ0n) is 12.6. The normalized spacial score (nSPS) is 22.8. The highest BCUT2D eigenvalue weighted by atomic mass is 35.5. The van der Waals surface area contributed by atoms with Gasteiger partial charge in [0, 0.05) is 19.0 Å². The minimum absolute atomic E-state index is 0. The van der Waals surface area contributed by atoms with Crippen molar-refractivity contribution in [1.29, 1.82) is 0 Å². The van der Waals surface area contributed by atoms with Gasteiger partial charge >= 0.3 is 0 Å². The molecule has 1 saturated heterocycles. The molecule has 0 saturated carbocycles. The van der Waals surface area contributed by atoms with Crippen molar-refractivity contribution in [3.8, 4) is 0 Å². The van der Waals surface area contributed by atoms with Gasteiger partial charge in [0.2, 0.25) is 5.91 Å². The number of carbonyl (C=O) groups excluding carboxylic acids is 1. The molecule has 2 rings (SSSR count). The van der Waals surface area contributed by atoms with Crippen molar-refractivity contribution in [2.24, 2.45) is 11.7 Å². The predicted molar refractivity (Wildman–Crippen MR) is 84.8 cm³/mol. The second kappa shape index (κ2) is 7.76. The Morgan fingerprint density at radius 1 is 1.52 bits per heavy atom. The first kappa shape index (κ1) is 17.9. The van der Waals surface area contributed by atoms with E-state index in [-0.39, 0.29) is 36.2 Å². The van der Waals surface area contributed by atoms with Crippen LogP contribution in [0.4, 0.5) is 4.39 Å². The van der Waals surface area contributed by atoms with E-state index in [4.69, 9.17) is 5.73 Å². The van der Waals surface area contributed by atoms with Gasteiger partial charge in [-0.15, -0.1) is 12.4 Å². The first-order valence-corrected chi connectivity index (χ1v) is 7.29. The number of benzene rings is 1. The lowest BCUT2D eigenvalue weighted by Crippen LogP contribution is -2.32. The highest BCUT2D eigenvalue weighted by Gasteiger charge is 2.35. The van der Waals surface area contributed by atoms with Gasteiger partial charge < -0.3 is 10.6 Å². The van der Waals surface area contributed by atoms with Crippen molar-refractivity contribution in [2.45, 2.75) is 45.2 Å². The van der Waals surface area contributed by atoms with Crippen LogP contribution in [0.1, 0.15) is 44.7 Å². The minimum atomic E-state index is -0.246. The molecule has 1 fully saturated rings. The van der Waals surface area contributed by atoms with Crippen molar-refractivity contribution in [2.75, 3.05) is 6.54 Å². The molecule has 0 spiro atoms. The predicted octanol–water partition coefficient (Wildman–Crippen LogP) is 3.28. The summed E-state index contributed by atoms with van der Waals surface area (Å²) < 4.78 is 13.4. The number of hydrogen-bond donors (Lipinski definition) is 1. The Kier molecular flexibility index (Phi) is 6.62. The van der Waals surface area contributed by atoms with Gasteiger partial charge in [-0.25, -0.2) is 4.39 Å². The molecule has 3 atom stereocenters. The van der Waals surface area contributed by atoms with Crippen LogP contribution in [0.5, 0.6) is 0 Å². The molecule has 0 aliphatic carbocycles. The van der Waals surface area contributed by atoms with E-state index in [2.05, 4.69) is 6.92 Å². The molecule has 1 heterocycles. The molecule has 118 valence electrons. The first-order chi connectivity index (χ1) is 9.49. The van der Waals surface area contributed by atoms with E-state index in [0.29, 0.717) is 18.8 Å². The Morgan fingerprint density at radius 3 is 2.86 bits per heavy atom. The molecular weight excluding hydrogens is 291 g/mol. The summed E-state index contributed by atoms with van der Waals surface area (Å²) in [5.41, 5.74) is 6.60. The molecule has 21 heavy (non-hydrogen) atoms. The largest absolute Gasteiger partial charge is 0.335 e. The van der Waals surface area contributed by atoms with Crippen molar-refractivity contribution in [1.82, 2.24) is 4.90 Å². The summed E-state index contributed by atoms with van der Waals surface area (Å²) in [7, 11) is 0. The zero-order chi connectivity index (χ0) is 14.7. The van der Waals surface area contributed by atoms with Gasteiger partial charge in [0.1, 0.15) is 5.82 Å². The van der Waals surface area contributed by atoms with Crippen LogP contribution in [0.2, 0.25) is 0 Å². The van der Waals surface area contributed by atoms with Crippen LogP contribution in [0.25, 0.3) is 0 Å². The van der Waals surface area contributed by atoms with E-state index >= 15 is 0 Å². The lowest BCUT2D eigenvalue weighted by Gasteiger charge is -2.28. The smallest absolute Gasteiger partial charge is 0.223 e. The molecule has 0 bridgehead atoms. The zero-order valence-corrected chi connectivity index (χ0v) is 13.4.